The summed E-state index contributed by atoms with van der Waals surface area (Å²) in [6.07, 6.45) is 1.60. The van der Waals surface area contributed by atoms with Crippen LogP contribution in [0.1, 0.15) is 33.6 Å². The summed E-state index contributed by atoms with van der Waals surface area (Å²) in [5.41, 5.74) is -0.482. The van der Waals surface area contributed by atoms with Crippen LogP contribution < -0.4 is 5.32 Å². The second-order valence-corrected chi connectivity index (χ2v) is 5.68. The maximum Gasteiger partial charge on any atom is 0.410 e. The number of hydrogen-bond donors (Lipinski definition) is 1. The SMILES string of the molecule is COC(=O)CNC[C@@H]1CCCN1C(=O)OC(C)(C)C. The van der Waals surface area contributed by atoms with Crippen molar-refractivity contribution in [1.29, 1.82) is 0 Å². The Kier molecular flexibility index (Phi) is 5.60. The van der Waals surface area contributed by atoms with Gasteiger partial charge in [-0.1, -0.05) is 0 Å². The molecule has 0 spiro atoms. The molecule has 1 aliphatic heterocycles. The van der Waals surface area contributed by atoms with Crippen LogP contribution in [0.3, 0.4) is 0 Å². The van der Waals surface area contributed by atoms with Gasteiger partial charge in [0, 0.05) is 19.1 Å². The van der Waals surface area contributed by atoms with Gasteiger partial charge in [0.1, 0.15) is 5.60 Å². The molecule has 0 radical (unpaired) electrons. The van der Waals surface area contributed by atoms with Crippen molar-refractivity contribution in [2.75, 3.05) is 26.7 Å². The lowest BCUT2D eigenvalue weighted by Crippen LogP contribution is -2.44. The van der Waals surface area contributed by atoms with Gasteiger partial charge in [0.05, 0.1) is 13.7 Å². The number of likely N-dealkylation sites (tertiary alicyclic amines) is 1. The maximum atomic E-state index is 12.0. The number of methoxy groups -OCH3 is 1. The highest BCUT2D eigenvalue weighted by atomic mass is 16.6. The molecule has 110 valence electrons. The zero-order valence-electron chi connectivity index (χ0n) is 12.2. The summed E-state index contributed by atoms with van der Waals surface area (Å²) in [4.78, 5) is 24.7. The fraction of sp³-hybridized carbons (Fsp3) is 0.846. The van der Waals surface area contributed by atoms with E-state index in [9.17, 15) is 9.59 Å². The average Bonchev–Trinajstić information content (AvgIpc) is 2.75. The van der Waals surface area contributed by atoms with Crippen molar-refractivity contribution in [2.24, 2.45) is 0 Å². The highest BCUT2D eigenvalue weighted by Gasteiger charge is 2.31. The molecule has 1 N–H and O–H groups in total. The fourth-order valence-electron chi connectivity index (χ4n) is 2.02. The first kappa shape index (κ1) is 15.8. The van der Waals surface area contributed by atoms with Crippen LogP contribution in [0.4, 0.5) is 4.79 Å². The van der Waals surface area contributed by atoms with Gasteiger partial charge in [-0.2, -0.15) is 0 Å². The highest BCUT2D eigenvalue weighted by molar-refractivity contribution is 5.71. The number of rotatable bonds is 4. The molecule has 1 aliphatic rings. The number of esters is 1. The Bertz CT molecular complexity index is 325. The van der Waals surface area contributed by atoms with Crippen LogP contribution >= 0.6 is 0 Å². The molecule has 1 atom stereocenters. The maximum absolute atomic E-state index is 12.0. The Balaban J connectivity index is 2.41. The molecule has 1 amide bonds. The summed E-state index contributed by atoms with van der Waals surface area (Å²) < 4.78 is 9.92. The van der Waals surface area contributed by atoms with Crippen LogP contribution in [0.5, 0.6) is 0 Å². The molecular formula is C13H24N2O4. The van der Waals surface area contributed by atoms with Crippen molar-refractivity contribution in [2.45, 2.75) is 45.3 Å². The van der Waals surface area contributed by atoms with E-state index in [0.29, 0.717) is 13.1 Å². The number of nitrogens with zero attached hydrogens (tertiary/aromatic N) is 1. The molecule has 0 aromatic rings. The zero-order valence-corrected chi connectivity index (χ0v) is 12.2. The van der Waals surface area contributed by atoms with Crippen molar-refractivity contribution in [3.63, 3.8) is 0 Å². The molecule has 6 heteroatoms. The van der Waals surface area contributed by atoms with Gasteiger partial charge in [-0.15, -0.1) is 0 Å². The molecule has 0 aliphatic carbocycles. The van der Waals surface area contributed by atoms with E-state index in [4.69, 9.17) is 4.74 Å². The van der Waals surface area contributed by atoms with Crippen LogP contribution in [-0.4, -0.2) is 55.3 Å². The Hall–Kier alpha value is -1.30. The first-order chi connectivity index (χ1) is 8.83. The van der Waals surface area contributed by atoms with Crippen LogP contribution in [0.25, 0.3) is 0 Å². The Morgan fingerprint density at radius 1 is 1.37 bits per heavy atom. The van der Waals surface area contributed by atoms with Crippen molar-refractivity contribution >= 4 is 12.1 Å². The molecule has 6 nitrogen and oxygen atoms in total. The second kappa shape index (κ2) is 6.75. The van der Waals surface area contributed by atoms with Gasteiger partial charge in [-0.3, -0.25) is 4.79 Å². The molecule has 0 saturated carbocycles. The minimum absolute atomic E-state index is 0.0829. The largest absolute Gasteiger partial charge is 0.468 e. The monoisotopic (exact) mass is 272 g/mol. The molecular weight excluding hydrogens is 248 g/mol. The quantitative estimate of drug-likeness (QED) is 0.778. The van der Waals surface area contributed by atoms with Crippen molar-refractivity contribution < 1.29 is 19.1 Å². The van der Waals surface area contributed by atoms with Gasteiger partial charge < -0.3 is 19.7 Å². The van der Waals surface area contributed by atoms with E-state index >= 15 is 0 Å². The van der Waals surface area contributed by atoms with Crippen molar-refractivity contribution in [3.8, 4) is 0 Å². The van der Waals surface area contributed by atoms with E-state index in [1.165, 1.54) is 7.11 Å². The number of hydrogen-bond acceptors (Lipinski definition) is 5. The average molecular weight is 272 g/mol. The van der Waals surface area contributed by atoms with Crippen LogP contribution in [-0.2, 0) is 14.3 Å². The Morgan fingerprint density at radius 2 is 2.05 bits per heavy atom. The van der Waals surface area contributed by atoms with Crippen LogP contribution in [0, 0.1) is 0 Å². The minimum Gasteiger partial charge on any atom is -0.468 e. The molecule has 1 rings (SSSR count). The second-order valence-electron chi connectivity index (χ2n) is 5.68. The Labute approximate surface area is 114 Å². The predicted molar refractivity (Wildman–Crippen MR) is 70.8 cm³/mol. The van der Waals surface area contributed by atoms with E-state index < -0.39 is 5.60 Å². The van der Waals surface area contributed by atoms with Gasteiger partial charge in [0.2, 0.25) is 0 Å². The summed E-state index contributed by atoms with van der Waals surface area (Å²) in [6, 6.07) is 0.0829. The summed E-state index contributed by atoms with van der Waals surface area (Å²) in [5.74, 6) is -0.304. The number of amides is 1. The third kappa shape index (κ3) is 5.46. The van der Waals surface area contributed by atoms with Gasteiger partial charge >= 0.3 is 12.1 Å². The zero-order chi connectivity index (χ0) is 14.5. The van der Waals surface area contributed by atoms with Crippen molar-refractivity contribution in [1.82, 2.24) is 10.2 Å². The summed E-state index contributed by atoms with van der Waals surface area (Å²) in [5, 5.41) is 3.00. The number of carbonyl (C=O) groups is 2. The van der Waals surface area contributed by atoms with Crippen molar-refractivity contribution in [3.05, 3.63) is 0 Å². The molecule has 1 saturated heterocycles. The fourth-order valence-corrected chi connectivity index (χ4v) is 2.02. The minimum atomic E-state index is -0.482. The normalized spacial score (nSPS) is 19.4. The van der Waals surface area contributed by atoms with Gasteiger partial charge in [-0.05, 0) is 33.6 Å². The number of nitrogens with one attached hydrogen (secondary N) is 1. The third-order valence-electron chi connectivity index (χ3n) is 2.88. The third-order valence-corrected chi connectivity index (χ3v) is 2.88. The molecule has 0 aromatic carbocycles. The molecule has 19 heavy (non-hydrogen) atoms. The molecule has 0 bridgehead atoms. The lowest BCUT2D eigenvalue weighted by Gasteiger charge is -2.28. The summed E-state index contributed by atoms with van der Waals surface area (Å²) in [6.45, 7) is 7.01. The smallest absolute Gasteiger partial charge is 0.410 e. The highest BCUT2D eigenvalue weighted by Crippen LogP contribution is 2.20. The summed E-state index contributed by atoms with van der Waals surface area (Å²) >= 11 is 0. The summed E-state index contributed by atoms with van der Waals surface area (Å²) in [7, 11) is 1.35. The van der Waals surface area contributed by atoms with Crippen LogP contribution in [0.15, 0.2) is 0 Å². The van der Waals surface area contributed by atoms with Crippen LogP contribution in [0.2, 0.25) is 0 Å². The van der Waals surface area contributed by atoms with Gasteiger partial charge in [-0.25, -0.2) is 4.79 Å². The van der Waals surface area contributed by atoms with Gasteiger partial charge in [0.25, 0.3) is 0 Å². The topological polar surface area (TPSA) is 67.9 Å². The Morgan fingerprint density at radius 3 is 2.63 bits per heavy atom. The van der Waals surface area contributed by atoms with E-state index in [2.05, 4.69) is 10.1 Å². The molecule has 1 fully saturated rings. The first-order valence-electron chi connectivity index (χ1n) is 6.60. The van der Waals surface area contributed by atoms with E-state index in [1.807, 2.05) is 20.8 Å². The van der Waals surface area contributed by atoms with E-state index in [-0.39, 0.29) is 24.6 Å². The number of carbonyl (C=O) groups excluding carboxylic acids is 2. The standard InChI is InChI=1S/C13H24N2O4/c1-13(2,3)19-12(17)15-7-5-6-10(15)8-14-9-11(16)18-4/h10,14H,5-9H2,1-4H3/t10-/m0/s1. The van der Waals surface area contributed by atoms with E-state index in [1.54, 1.807) is 4.90 Å². The lowest BCUT2D eigenvalue weighted by molar-refractivity contribution is -0.139. The molecule has 0 aromatic heterocycles. The lowest BCUT2D eigenvalue weighted by atomic mass is 10.2. The van der Waals surface area contributed by atoms with Gasteiger partial charge in [0.15, 0.2) is 0 Å². The van der Waals surface area contributed by atoms with E-state index in [0.717, 1.165) is 12.8 Å². The molecule has 0 unspecified atom stereocenters. The molecule has 1 heterocycles. The predicted octanol–water partition coefficient (Wildman–Crippen LogP) is 1.15. The first-order valence-corrected chi connectivity index (χ1v) is 6.60. The number of ether oxygens (including phenoxy) is 2.